The summed E-state index contributed by atoms with van der Waals surface area (Å²) in [6.07, 6.45) is -1.08. The SMILES string of the molecule is [2H]C(=O)C(B)C(=O)C(=O)OCC. The molecule has 0 fully saturated rings. The van der Waals surface area contributed by atoms with Gasteiger partial charge in [-0.3, -0.25) is 4.79 Å². The zero-order valence-corrected chi connectivity index (χ0v) is 6.42. The molecule has 0 aromatic carbocycles. The van der Waals surface area contributed by atoms with Crippen molar-refractivity contribution in [2.75, 3.05) is 6.61 Å². The van der Waals surface area contributed by atoms with Crippen molar-refractivity contribution in [3.05, 3.63) is 0 Å². The molecule has 4 nitrogen and oxygen atoms in total. The number of ether oxygens (including phenoxy) is 1. The first kappa shape index (κ1) is 7.98. The molecule has 0 rings (SSSR count). The van der Waals surface area contributed by atoms with Crippen LogP contribution in [0.1, 0.15) is 8.29 Å². The predicted molar refractivity (Wildman–Crippen MR) is 40.0 cm³/mol. The van der Waals surface area contributed by atoms with Crippen molar-refractivity contribution in [3.63, 3.8) is 0 Å². The van der Waals surface area contributed by atoms with Crippen molar-refractivity contribution in [2.45, 2.75) is 12.7 Å². The van der Waals surface area contributed by atoms with Crippen LogP contribution in [0.25, 0.3) is 0 Å². The third kappa shape index (κ3) is 2.97. The van der Waals surface area contributed by atoms with Gasteiger partial charge in [0.05, 0.1) is 12.4 Å². The van der Waals surface area contributed by atoms with Gasteiger partial charge in [-0.1, -0.05) is 0 Å². The van der Waals surface area contributed by atoms with E-state index in [0.29, 0.717) is 0 Å². The van der Waals surface area contributed by atoms with E-state index >= 15 is 0 Å². The summed E-state index contributed by atoms with van der Waals surface area (Å²) < 4.78 is 10.9. The van der Waals surface area contributed by atoms with Crippen molar-refractivity contribution in [1.82, 2.24) is 0 Å². The Morgan fingerprint density at radius 2 is 2.36 bits per heavy atom. The molecule has 0 saturated carbocycles. The highest BCUT2D eigenvalue weighted by atomic mass is 16.5. The molecule has 0 aliphatic heterocycles. The molecule has 0 aromatic heterocycles. The van der Waals surface area contributed by atoms with Gasteiger partial charge in [0.1, 0.15) is 15.5 Å². The van der Waals surface area contributed by atoms with E-state index in [9.17, 15) is 14.4 Å². The number of hydrogen-bond donors (Lipinski definition) is 0. The largest absolute Gasteiger partial charge is 0.460 e. The van der Waals surface area contributed by atoms with E-state index in [-0.39, 0.29) is 6.61 Å². The van der Waals surface area contributed by atoms with E-state index in [1.165, 1.54) is 7.85 Å². The van der Waals surface area contributed by atoms with Gasteiger partial charge in [-0.2, -0.15) is 0 Å². The topological polar surface area (TPSA) is 60.4 Å². The van der Waals surface area contributed by atoms with Crippen molar-refractivity contribution < 1.29 is 20.5 Å². The summed E-state index contributed by atoms with van der Waals surface area (Å²) in [6, 6.07) is 0. The molecule has 11 heavy (non-hydrogen) atoms. The highest BCUT2D eigenvalue weighted by molar-refractivity contribution is 6.49. The van der Waals surface area contributed by atoms with Gasteiger partial charge < -0.3 is 9.53 Å². The Bertz CT molecular complexity index is 216. The van der Waals surface area contributed by atoms with Gasteiger partial charge in [-0.15, -0.1) is 0 Å². The summed E-state index contributed by atoms with van der Waals surface area (Å²) in [5.74, 6) is -3.23. The molecule has 0 N–H and O–H groups in total. The Balaban J connectivity index is 4.19. The Morgan fingerprint density at radius 3 is 2.73 bits per heavy atom. The lowest BCUT2D eigenvalue weighted by Gasteiger charge is -2.00. The van der Waals surface area contributed by atoms with E-state index in [0.717, 1.165) is 0 Å². The minimum absolute atomic E-state index is 0.0868. The molecule has 0 bridgehead atoms. The average molecular weight is 157 g/mol. The lowest BCUT2D eigenvalue weighted by molar-refractivity contribution is -0.153. The van der Waals surface area contributed by atoms with E-state index in [4.69, 9.17) is 1.37 Å². The molecule has 0 aliphatic carbocycles. The summed E-state index contributed by atoms with van der Waals surface area (Å²) in [7, 11) is 1.20. The Labute approximate surface area is 66.7 Å². The smallest absolute Gasteiger partial charge is 0.374 e. The zero-order chi connectivity index (χ0) is 9.72. The summed E-state index contributed by atoms with van der Waals surface area (Å²) in [6.45, 7) is 1.64. The molecule has 0 amide bonds. The quantitative estimate of drug-likeness (QED) is 0.168. The summed E-state index contributed by atoms with van der Waals surface area (Å²) in [5, 5.41) is 0. The minimum atomic E-state index is -1.22. The number of Topliss-reactive ketones (excluding diaryl/α,β-unsaturated/α-hetero) is 1. The van der Waals surface area contributed by atoms with Crippen LogP contribution in [-0.4, -0.2) is 32.5 Å². The van der Waals surface area contributed by atoms with Crippen LogP contribution in [0.2, 0.25) is 5.82 Å². The fraction of sp³-hybridized carbons (Fsp3) is 0.500. The molecule has 60 valence electrons. The Hall–Kier alpha value is -1.13. The van der Waals surface area contributed by atoms with Crippen molar-refractivity contribution >= 4 is 25.9 Å². The number of ketones is 1. The highest BCUT2D eigenvalue weighted by Gasteiger charge is 2.21. The van der Waals surface area contributed by atoms with Crippen LogP contribution in [0.3, 0.4) is 0 Å². The highest BCUT2D eigenvalue weighted by Crippen LogP contribution is 1.96. The Morgan fingerprint density at radius 1 is 1.82 bits per heavy atom. The normalized spacial score (nSPS) is 13.0. The molecule has 0 aromatic rings. The van der Waals surface area contributed by atoms with Crippen molar-refractivity contribution in [3.8, 4) is 0 Å². The Kier molecular flexibility index (Phi) is 3.37. The third-order valence-corrected chi connectivity index (χ3v) is 1.05. The fourth-order valence-corrected chi connectivity index (χ4v) is 0.433. The van der Waals surface area contributed by atoms with Gasteiger partial charge in [0.2, 0.25) is 5.78 Å². The number of esters is 1. The van der Waals surface area contributed by atoms with Crippen LogP contribution in [0.15, 0.2) is 0 Å². The predicted octanol–water partition coefficient (Wildman–Crippen LogP) is -1.26. The maximum absolute atomic E-state index is 10.9. The standard InChI is InChI=1S/C6H9BO4/c1-2-11-6(10)5(9)4(7)3-8/h3-4H,2,7H2,1H3/i3D. The number of carbonyl (C=O) groups excluding carboxylic acids is 3. The van der Waals surface area contributed by atoms with E-state index < -0.39 is 23.8 Å². The number of carbonyl (C=O) groups is 3. The van der Waals surface area contributed by atoms with Gasteiger partial charge in [-0.05, 0) is 6.92 Å². The molecule has 0 radical (unpaired) electrons. The van der Waals surface area contributed by atoms with Crippen molar-refractivity contribution in [1.29, 1.82) is 0 Å². The first-order chi connectivity index (χ1) is 5.50. The van der Waals surface area contributed by atoms with E-state index in [1.54, 1.807) is 6.92 Å². The number of hydrogen-bond acceptors (Lipinski definition) is 4. The van der Waals surface area contributed by atoms with Crippen LogP contribution in [-0.2, 0) is 19.1 Å². The van der Waals surface area contributed by atoms with E-state index in [1.807, 2.05) is 0 Å². The molecular weight excluding hydrogens is 147 g/mol. The second kappa shape index (κ2) is 4.65. The first-order valence-corrected chi connectivity index (χ1v) is 3.22. The third-order valence-electron chi connectivity index (χ3n) is 1.05. The first-order valence-electron chi connectivity index (χ1n) is 3.72. The molecule has 0 heterocycles. The van der Waals surface area contributed by atoms with Gasteiger partial charge in [0, 0.05) is 0 Å². The lowest BCUT2D eigenvalue weighted by Crippen LogP contribution is -2.23. The van der Waals surface area contributed by atoms with Gasteiger partial charge in [-0.25, -0.2) is 4.79 Å². The lowest BCUT2D eigenvalue weighted by atomic mass is 9.85. The number of aldehydes is 1. The summed E-state index contributed by atoms with van der Waals surface area (Å²) in [4.78, 5) is 31.9. The van der Waals surface area contributed by atoms with Gasteiger partial charge >= 0.3 is 5.97 Å². The fourth-order valence-electron chi connectivity index (χ4n) is 0.433. The summed E-state index contributed by atoms with van der Waals surface area (Å²) >= 11 is 0. The molecule has 1 unspecified atom stereocenters. The van der Waals surface area contributed by atoms with E-state index in [2.05, 4.69) is 4.74 Å². The molecular formula is C6H9BO4. The monoisotopic (exact) mass is 157 g/mol. The molecule has 1 atom stereocenters. The second-order valence-electron chi connectivity index (χ2n) is 1.92. The van der Waals surface area contributed by atoms with Gasteiger partial charge in [0.15, 0.2) is 0 Å². The van der Waals surface area contributed by atoms with Crippen LogP contribution < -0.4 is 0 Å². The van der Waals surface area contributed by atoms with Crippen molar-refractivity contribution in [2.24, 2.45) is 0 Å². The van der Waals surface area contributed by atoms with Crippen LogP contribution in [0.5, 0.6) is 0 Å². The zero-order valence-electron chi connectivity index (χ0n) is 7.42. The summed E-state index contributed by atoms with van der Waals surface area (Å²) in [5.41, 5.74) is 0. The average Bonchev–Trinajstić information content (AvgIpc) is 2.02. The molecule has 5 heteroatoms. The van der Waals surface area contributed by atoms with Crippen LogP contribution >= 0.6 is 0 Å². The molecule has 0 spiro atoms. The molecule has 0 aliphatic rings. The maximum atomic E-state index is 10.9. The number of rotatable bonds is 4. The maximum Gasteiger partial charge on any atom is 0.374 e. The molecule has 0 saturated heterocycles. The van der Waals surface area contributed by atoms with Gasteiger partial charge in [0.25, 0.3) is 0 Å². The van der Waals surface area contributed by atoms with Crippen LogP contribution in [0.4, 0.5) is 0 Å². The van der Waals surface area contributed by atoms with Crippen LogP contribution in [0, 0.1) is 0 Å². The second-order valence-corrected chi connectivity index (χ2v) is 1.92. The minimum Gasteiger partial charge on any atom is -0.460 e.